The minimum absolute atomic E-state index is 0.407. The van der Waals surface area contributed by atoms with Gasteiger partial charge in [0.15, 0.2) is 0 Å². The molecule has 1 heteroatoms. The van der Waals surface area contributed by atoms with Gasteiger partial charge in [0.05, 0.1) is 0 Å². The molecule has 0 bridgehead atoms. The molecule has 1 saturated carbocycles. The summed E-state index contributed by atoms with van der Waals surface area (Å²) in [6, 6.07) is 3.97. The first kappa shape index (κ1) is 11.1. The molecule has 3 rings (SSSR count). The summed E-state index contributed by atoms with van der Waals surface area (Å²) >= 11 is 0. The van der Waals surface area contributed by atoms with Gasteiger partial charge in [0.2, 0.25) is 0 Å². The Morgan fingerprint density at radius 2 is 1.88 bits per heavy atom. The van der Waals surface area contributed by atoms with E-state index in [9.17, 15) is 5.11 Å². The first-order valence-electron chi connectivity index (χ1n) is 6.94. The number of phenolic OH excluding ortho intramolecular Hbond substituents is 1. The Kier molecular flexibility index (Phi) is 2.46. The van der Waals surface area contributed by atoms with Crippen molar-refractivity contribution in [2.45, 2.75) is 57.8 Å². The molecule has 1 aromatic carbocycles. The van der Waals surface area contributed by atoms with E-state index in [0.717, 1.165) is 12.3 Å². The molecule has 1 nitrogen and oxygen atoms in total. The van der Waals surface area contributed by atoms with Crippen molar-refractivity contribution in [3.8, 4) is 5.75 Å². The highest BCUT2D eigenvalue weighted by molar-refractivity contribution is 5.51. The maximum absolute atomic E-state index is 10.0. The second-order valence-corrected chi connectivity index (χ2v) is 6.22. The van der Waals surface area contributed by atoms with Crippen LogP contribution in [0.2, 0.25) is 0 Å². The summed E-state index contributed by atoms with van der Waals surface area (Å²) in [5.41, 5.74) is 4.55. The van der Waals surface area contributed by atoms with Crippen molar-refractivity contribution in [3.63, 3.8) is 0 Å². The molecule has 1 fully saturated rings. The van der Waals surface area contributed by atoms with Crippen molar-refractivity contribution in [3.05, 3.63) is 28.8 Å². The van der Waals surface area contributed by atoms with E-state index in [-0.39, 0.29) is 0 Å². The highest BCUT2D eigenvalue weighted by atomic mass is 16.3. The van der Waals surface area contributed by atoms with Crippen LogP contribution in [0.15, 0.2) is 12.1 Å². The number of rotatable bonds is 0. The Morgan fingerprint density at radius 1 is 1.18 bits per heavy atom. The van der Waals surface area contributed by atoms with Gasteiger partial charge in [0.25, 0.3) is 0 Å². The van der Waals surface area contributed by atoms with Gasteiger partial charge in [-0.2, -0.15) is 0 Å². The average Bonchev–Trinajstić information content (AvgIpc) is 2.69. The molecule has 1 N–H and O–H groups in total. The topological polar surface area (TPSA) is 20.2 Å². The molecule has 0 radical (unpaired) electrons. The molecule has 1 aromatic rings. The molecule has 0 amide bonds. The molecule has 0 atom stereocenters. The molecule has 2 aliphatic carbocycles. The summed E-state index contributed by atoms with van der Waals surface area (Å²) in [7, 11) is 0. The minimum Gasteiger partial charge on any atom is -0.508 e. The molecule has 0 saturated heterocycles. The predicted molar refractivity (Wildman–Crippen MR) is 70.5 cm³/mol. The molecule has 2 aliphatic rings. The van der Waals surface area contributed by atoms with E-state index in [2.05, 4.69) is 19.9 Å². The highest BCUT2D eigenvalue weighted by Crippen LogP contribution is 2.52. The van der Waals surface area contributed by atoms with Crippen LogP contribution in [0.4, 0.5) is 0 Å². The molecular weight excluding hydrogens is 208 g/mol. The standard InChI is InChI=1S/C16H22O/c1-11-5-8-16(9-6-11)10-7-13-14(17)4-3-12(2)15(13)16/h3-4,11,17H,5-10H2,1-2H3. The number of aromatic hydroxyl groups is 1. The van der Waals surface area contributed by atoms with Gasteiger partial charge in [-0.15, -0.1) is 0 Å². The van der Waals surface area contributed by atoms with Crippen LogP contribution in [0.1, 0.15) is 55.7 Å². The van der Waals surface area contributed by atoms with E-state index < -0.39 is 0 Å². The number of phenols is 1. The zero-order valence-electron chi connectivity index (χ0n) is 10.9. The van der Waals surface area contributed by atoms with Crippen LogP contribution in [0.25, 0.3) is 0 Å². The molecule has 17 heavy (non-hydrogen) atoms. The first-order valence-corrected chi connectivity index (χ1v) is 6.94. The SMILES string of the molecule is Cc1ccc(O)c2c1C1(CC2)CCC(C)CC1. The van der Waals surface area contributed by atoms with E-state index in [1.807, 2.05) is 6.07 Å². The number of benzene rings is 1. The van der Waals surface area contributed by atoms with Crippen molar-refractivity contribution in [1.29, 1.82) is 0 Å². The normalized spacial score (nSPS) is 31.8. The second kappa shape index (κ2) is 3.76. The van der Waals surface area contributed by atoms with E-state index in [4.69, 9.17) is 0 Å². The first-order chi connectivity index (χ1) is 8.12. The molecule has 1 spiro atoms. The minimum atomic E-state index is 0.407. The number of aryl methyl sites for hydroxylation is 1. The van der Waals surface area contributed by atoms with Gasteiger partial charge in [-0.1, -0.05) is 13.0 Å². The van der Waals surface area contributed by atoms with Crippen molar-refractivity contribution in [2.75, 3.05) is 0 Å². The zero-order chi connectivity index (χ0) is 12.0. The van der Waals surface area contributed by atoms with Crippen LogP contribution >= 0.6 is 0 Å². The maximum Gasteiger partial charge on any atom is 0.119 e. The van der Waals surface area contributed by atoms with Gasteiger partial charge < -0.3 is 5.11 Å². The maximum atomic E-state index is 10.0. The Hall–Kier alpha value is -0.980. The molecule has 0 aliphatic heterocycles. The van der Waals surface area contributed by atoms with E-state index in [0.29, 0.717) is 11.2 Å². The van der Waals surface area contributed by atoms with Gasteiger partial charge in [0.1, 0.15) is 5.75 Å². The Bertz CT molecular complexity index is 439. The van der Waals surface area contributed by atoms with Crippen LogP contribution in [-0.4, -0.2) is 5.11 Å². The third-order valence-electron chi connectivity index (χ3n) is 5.11. The number of hydrogen-bond donors (Lipinski definition) is 1. The summed E-state index contributed by atoms with van der Waals surface area (Å²) in [4.78, 5) is 0. The van der Waals surface area contributed by atoms with Crippen molar-refractivity contribution >= 4 is 0 Å². The van der Waals surface area contributed by atoms with Crippen molar-refractivity contribution < 1.29 is 5.11 Å². The Labute approximate surface area is 104 Å². The highest BCUT2D eigenvalue weighted by Gasteiger charge is 2.42. The smallest absolute Gasteiger partial charge is 0.119 e. The lowest BCUT2D eigenvalue weighted by Gasteiger charge is -2.38. The van der Waals surface area contributed by atoms with Crippen LogP contribution in [0.3, 0.4) is 0 Å². The largest absolute Gasteiger partial charge is 0.508 e. The monoisotopic (exact) mass is 230 g/mol. The Morgan fingerprint density at radius 3 is 2.59 bits per heavy atom. The van der Waals surface area contributed by atoms with Gasteiger partial charge >= 0.3 is 0 Å². The van der Waals surface area contributed by atoms with E-state index in [1.165, 1.54) is 48.8 Å². The third-order valence-corrected chi connectivity index (χ3v) is 5.11. The van der Waals surface area contributed by atoms with Gasteiger partial charge in [-0.05, 0) is 79.5 Å². The number of hydrogen-bond acceptors (Lipinski definition) is 1. The molecule has 92 valence electrons. The molecule has 0 unspecified atom stereocenters. The van der Waals surface area contributed by atoms with Crippen LogP contribution < -0.4 is 0 Å². The lowest BCUT2D eigenvalue weighted by molar-refractivity contribution is 0.240. The van der Waals surface area contributed by atoms with Gasteiger partial charge in [-0.3, -0.25) is 0 Å². The van der Waals surface area contributed by atoms with Crippen LogP contribution in [0, 0.1) is 12.8 Å². The molecular formula is C16H22O. The lowest BCUT2D eigenvalue weighted by atomic mass is 9.67. The quantitative estimate of drug-likeness (QED) is 0.711. The van der Waals surface area contributed by atoms with Crippen molar-refractivity contribution in [2.24, 2.45) is 5.92 Å². The van der Waals surface area contributed by atoms with Crippen molar-refractivity contribution in [1.82, 2.24) is 0 Å². The average molecular weight is 230 g/mol. The summed E-state index contributed by atoms with van der Waals surface area (Å²) in [6.07, 6.45) is 7.70. The van der Waals surface area contributed by atoms with E-state index in [1.54, 1.807) is 0 Å². The van der Waals surface area contributed by atoms with Gasteiger partial charge in [-0.25, -0.2) is 0 Å². The van der Waals surface area contributed by atoms with Gasteiger partial charge in [0, 0.05) is 0 Å². The molecule has 0 aromatic heterocycles. The lowest BCUT2D eigenvalue weighted by Crippen LogP contribution is -2.29. The third kappa shape index (κ3) is 1.59. The summed E-state index contributed by atoms with van der Waals surface area (Å²) < 4.78 is 0. The fourth-order valence-corrected chi connectivity index (χ4v) is 4.05. The summed E-state index contributed by atoms with van der Waals surface area (Å²) in [5, 5.41) is 10.0. The van der Waals surface area contributed by atoms with Crippen LogP contribution in [0.5, 0.6) is 5.75 Å². The van der Waals surface area contributed by atoms with E-state index >= 15 is 0 Å². The number of fused-ring (bicyclic) bond motifs is 2. The predicted octanol–water partition coefficient (Wildman–Crippen LogP) is 4.09. The van der Waals surface area contributed by atoms with Crippen LogP contribution in [-0.2, 0) is 11.8 Å². The molecule has 0 heterocycles. The summed E-state index contributed by atoms with van der Waals surface area (Å²) in [5.74, 6) is 1.42. The zero-order valence-corrected chi connectivity index (χ0v) is 10.9. The fourth-order valence-electron chi connectivity index (χ4n) is 4.05. The second-order valence-electron chi connectivity index (χ2n) is 6.22. The summed E-state index contributed by atoms with van der Waals surface area (Å²) in [6.45, 7) is 4.58. The fraction of sp³-hybridized carbons (Fsp3) is 0.625. The Balaban J connectivity index is 2.06.